The van der Waals surface area contributed by atoms with Crippen molar-refractivity contribution in [3.05, 3.63) is 81.7 Å². The summed E-state index contributed by atoms with van der Waals surface area (Å²) in [5.41, 5.74) is 2.98. The van der Waals surface area contributed by atoms with Gasteiger partial charge in [0.05, 0.1) is 21.8 Å². The Morgan fingerprint density at radius 1 is 1.09 bits per heavy atom. The van der Waals surface area contributed by atoms with Gasteiger partial charge in [0.15, 0.2) is 9.84 Å². The molecule has 8 nitrogen and oxygen atoms in total. The first-order chi connectivity index (χ1) is 20.5. The summed E-state index contributed by atoms with van der Waals surface area (Å²) in [6, 6.07) is 7.44. The summed E-state index contributed by atoms with van der Waals surface area (Å²) in [5, 5.41) is 6.26. The van der Waals surface area contributed by atoms with Crippen LogP contribution in [0, 0.1) is 31.4 Å². The smallest absolute Gasteiger partial charge is 0.256 e. The molecule has 3 N–H and O–H groups in total. The first-order valence-electron chi connectivity index (χ1n) is 14.6. The van der Waals surface area contributed by atoms with Gasteiger partial charge in [-0.1, -0.05) is 6.07 Å². The third-order valence-corrected chi connectivity index (χ3v) is 10.3. The lowest BCUT2D eigenvalue weighted by atomic mass is 10.0. The van der Waals surface area contributed by atoms with Gasteiger partial charge in [-0.25, -0.2) is 17.2 Å². The minimum absolute atomic E-state index is 0.0448. The van der Waals surface area contributed by atoms with Crippen LogP contribution >= 0.6 is 0 Å². The Labute approximate surface area is 249 Å². The van der Waals surface area contributed by atoms with Gasteiger partial charge in [0.25, 0.3) is 11.8 Å². The van der Waals surface area contributed by atoms with Gasteiger partial charge in [-0.05, 0) is 94.0 Å². The van der Waals surface area contributed by atoms with E-state index >= 15 is 0 Å². The fourth-order valence-corrected chi connectivity index (χ4v) is 7.46. The number of fused-ring (bicyclic) bond motifs is 1. The zero-order valence-corrected chi connectivity index (χ0v) is 24.9. The Morgan fingerprint density at radius 2 is 1.84 bits per heavy atom. The largest absolute Gasteiger partial charge is 0.358 e. The molecule has 226 valence electrons. The molecule has 0 unspecified atom stereocenters. The molecule has 6 rings (SSSR count). The van der Waals surface area contributed by atoms with Gasteiger partial charge < -0.3 is 20.5 Å². The van der Waals surface area contributed by atoms with E-state index in [2.05, 4.69) is 15.6 Å². The number of rotatable bonds is 9. The van der Waals surface area contributed by atoms with Crippen LogP contribution in [0.15, 0.2) is 41.3 Å². The maximum atomic E-state index is 14.2. The number of nitrogens with zero attached hydrogens (tertiary/aromatic N) is 1. The predicted molar refractivity (Wildman–Crippen MR) is 160 cm³/mol. The zero-order valence-electron chi connectivity index (χ0n) is 24.1. The zero-order chi connectivity index (χ0) is 30.5. The molecule has 43 heavy (non-hydrogen) atoms. The standard InChI is InChI=1S/C32H34F2N4O4S/c1-18-29(36-19(2)30(18)32(40)38-12-4-5-21(38)16-35-15-20-8-9-20)14-24-23-13-22(10-11-28(23)37-31(24)39)43(41,42)17-25-26(33)6-3-7-27(25)34/h3,6-7,10-11,13-14,20-21,35-36H,4-5,8-9,12,15-17H2,1-2H3,(H,37,39)/b24-14-/t21-/m1/s1. The molecule has 11 heteroatoms. The van der Waals surface area contributed by atoms with Crippen LogP contribution in [0.25, 0.3) is 11.6 Å². The molecule has 1 atom stereocenters. The van der Waals surface area contributed by atoms with Crippen molar-refractivity contribution in [2.75, 3.05) is 25.0 Å². The number of aryl methyl sites for hydroxylation is 1. The van der Waals surface area contributed by atoms with E-state index in [1.54, 1.807) is 6.08 Å². The van der Waals surface area contributed by atoms with Crippen LogP contribution in [0.5, 0.6) is 0 Å². The maximum Gasteiger partial charge on any atom is 0.256 e. The predicted octanol–water partition coefficient (Wildman–Crippen LogP) is 4.98. The number of hydrogen-bond donors (Lipinski definition) is 3. The van der Waals surface area contributed by atoms with E-state index in [4.69, 9.17) is 0 Å². The van der Waals surface area contributed by atoms with Gasteiger partial charge in [0, 0.05) is 47.3 Å². The molecule has 2 aliphatic heterocycles. The second-order valence-electron chi connectivity index (χ2n) is 11.7. The summed E-state index contributed by atoms with van der Waals surface area (Å²) in [5.74, 6) is -2.46. The fourth-order valence-electron chi connectivity index (χ4n) is 6.07. The second kappa shape index (κ2) is 11.3. The number of carbonyl (C=O) groups is 2. The topological polar surface area (TPSA) is 111 Å². The highest BCUT2D eigenvalue weighted by Crippen LogP contribution is 2.37. The van der Waals surface area contributed by atoms with Gasteiger partial charge in [0.2, 0.25) is 0 Å². The fraction of sp³-hybridized carbons (Fsp3) is 0.375. The van der Waals surface area contributed by atoms with E-state index in [-0.39, 0.29) is 22.4 Å². The average Bonchev–Trinajstić information content (AvgIpc) is 3.46. The van der Waals surface area contributed by atoms with Crippen LogP contribution in [0.1, 0.15) is 64.1 Å². The minimum atomic E-state index is -4.15. The Morgan fingerprint density at radius 3 is 2.56 bits per heavy atom. The molecular weight excluding hydrogens is 574 g/mol. The lowest BCUT2D eigenvalue weighted by Crippen LogP contribution is -2.42. The van der Waals surface area contributed by atoms with Gasteiger partial charge in [-0.3, -0.25) is 9.59 Å². The molecule has 2 aromatic carbocycles. The molecule has 1 saturated heterocycles. The van der Waals surface area contributed by atoms with E-state index in [1.807, 2.05) is 18.7 Å². The number of benzene rings is 2. The molecule has 1 aromatic heterocycles. The Kier molecular flexibility index (Phi) is 7.72. The van der Waals surface area contributed by atoms with Crippen LogP contribution < -0.4 is 10.6 Å². The van der Waals surface area contributed by atoms with Crippen LogP contribution in [0.3, 0.4) is 0 Å². The summed E-state index contributed by atoms with van der Waals surface area (Å²) in [7, 11) is -4.15. The first-order valence-corrected chi connectivity index (χ1v) is 16.2. The van der Waals surface area contributed by atoms with Crippen molar-refractivity contribution < 1.29 is 26.8 Å². The van der Waals surface area contributed by atoms with Crippen molar-refractivity contribution in [1.82, 2.24) is 15.2 Å². The highest BCUT2D eigenvalue weighted by Gasteiger charge is 2.33. The molecule has 2 fully saturated rings. The third kappa shape index (κ3) is 5.75. The maximum absolute atomic E-state index is 14.2. The molecule has 2 amide bonds. The van der Waals surface area contributed by atoms with Crippen molar-refractivity contribution in [3.8, 4) is 0 Å². The number of H-pyrrole nitrogens is 1. The lowest BCUT2D eigenvalue weighted by Gasteiger charge is -2.25. The number of sulfone groups is 1. The number of likely N-dealkylation sites (tertiary alicyclic amines) is 1. The van der Waals surface area contributed by atoms with E-state index in [0.29, 0.717) is 40.3 Å². The number of nitrogens with one attached hydrogen (secondary N) is 3. The van der Waals surface area contributed by atoms with E-state index in [9.17, 15) is 26.8 Å². The number of halogens is 2. The van der Waals surface area contributed by atoms with Crippen molar-refractivity contribution in [2.24, 2.45) is 5.92 Å². The second-order valence-corrected chi connectivity index (χ2v) is 13.7. The van der Waals surface area contributed by atoms with Crippen molar-refractivity contribution >= 4 is 39.0 Å². The quantitative estimate of drug-likeness (QED) is 0.297. The van der Waals surface area contributed by atoms with Gasteiger partial charge in [-0.2, -0.15) is 0 Å². The van der Waals surface area contributed by atoms with Crippen LogP contribution in [-0.2, 0) is 20.4 Å². The number of aromatic nitrogens is 1. The van der Waals surface area contributed by atoms with Crippen molar-refractivity contribution in [2.45, 2.75) is 56.2 Å². The molecule has 0 spiro atoms. The Bertz CT molecular complexity index is 1740. The Balaban J connectivity index is 1.27. The number of amides is 2. The molecule has 3 aromatic rings. The average molecular weight is 609 g/mol. The summed E-state index contributed by atoms with van der Waals surface area (Å²) < 4.78 is 54.8. The molecule has 1 aliphatic carbocycles. The Hall–Kier alpha value is -3.83. The van der Waals surface area contributed by atoms with Crippen LogP contribution in [0.4, 0.5) is 14.5 Å². The normalized spacial score (nSPS) is 19.3. The van der Waals surface area contributed by atoms with E-state index in [1.165, 1.54) is 37.1 Å². The summed E-state index contributed by atoms with van der Waals surface area (Å²) in [6.07, 6.45) is 6.06. The van der Waals surface area contributed by atoms with Crippen molar-refractivity contribution in [3.63, 3.8) is 0 Å². The molecule has 1 saturated carbocycles. The first kappa shape index (κ1) is 29.3. The molecule has 0 bridgehead atoms. The van der Waals surface area contributed by atoms with Gasteiger partial charge in [0.1, 0.15) is 11.6 Å². The lowest BCUT2D eigenvalue weighted by molar-refractivity contribution is -0.110. The SMILES string of the molecule is Cc1[nH]c(/C=C2\C(=O)Nc3ccc(S(=O)(=O)Cc4c(F)cccc4F)cc32)c(C)c1C(=O)N1CCC[C@@H]1CNCC1CC1. The molecule has 0 radical (unpaired) electrons. The highest BCUT2D eigenvalue weighted by atomic mass is 32.2. The molecule has 3 heterocycles. The minimum Gasteiger partial charge on any atom is -0.358 e. The monoisotopic (exact) mass is 608 g/mol. The van der Waals surface area contributed by atoms with E-state index in [0.717, 1.165) is 44.0 Å². The van der Waals surface area contributed by atoms with Gasteiger partial charge in [-0.15, -0.1) is 0 Å². The highest BCUT2D eigenvalue weighted by molar-refractivity contribution is 7.90. The summed E-state index contributed by atoms with van der Waals surface area (Å²) >= 11 is 0. The van der Waals surface area contributed by atoms with E-state index < -0.39 is 38.7 Å². The molecular formula is C32H34F2N4O4S. The number of carbonyl (C=O) groups excluding carboxylic acids is 2. The number of hydrogen-bond acceptors (Lipinski definition) is 5. The third-order valence-electron chi connectivity index (χ3n) is 8.66. The number of aromatic amines is 1. The molecule has 3 aliphatic rings. The summed E-state index contributed by atoms with van der Waals surface area (Å²) in [6.45, 7) is 6.11. The van der Waals surface area contributed by atoms with Crippen LogP contribution in [-0.4, -0.2) is 55.8 Å². The van der Waals surface area contributed by atoms with Gasteiger partial charge >= 0.3 is 0 Å². The van der Waals surface area contributed by atoms with Crippen molar-refractivity contribution in [1.29, 1.82) is 0 Å². The summed E-state index contributed by atoms with van der Waals surface area (Å²) in [4.78, 5) is 31.7. The van der Waals surface area contributed by atoms with Crippen LogP contribution in [0.2, 0.25) is 0 Å². The number of anilines is 1.